The molecule has 1 atom stereocenters. The van der Waals surface area contributed by atoms with Crippen molar-refractivity contribution in [2.24, 2.45) is 0 Å². The first-order chi connectivity index (χ1) is 12.3. The van der Waals surface area contributed by atoms with E-state index in [1.807, 2.05) is 12.1 Å². The first-order valence-electron chi connectivity index (χ1n) is 9.35. The van der Waals surface area contributed by atoms with Crippen molar-refractivity contribution >= 4 is 18.3 Å². The summed E-state index contributed by atoms with van der Waals surface area (Å²) in [6.07, 6.45) is 1.17. The average Bonchev–Trinajstić information content (AvgIpc) is 2.63. The highest BCUT2D eigenvalue weighted by Gasteiger charge is 2.17. The van der Waals surface area contributed by atoms with Gasteiger partial charge in [-0.15, -0.1) is 12.6 Å². The second kappa shape index (κ2) is 9.43. The number of piperazine rings is 1. The van der Waals surface area contributed by atoms with Gasteiger partial charge in [-0.25, -0.2) is 4.39 Å². The van der Waals surface area contributed by atoms with Gasteiger partial charge in [0.1, 0.15) is 5.82 Å². The lowest BCUT2D eigenvalue weighted by atomic mass is 9.82. The molecule has 1 unspecified atom stereocenters. The van der Waals surface area contributed by atoms with Crippen LogP contribution < -0.4 is 10.2 Å². The molecule has 2 aromatic carbocycles. The third-order valence-electron chi connectivity index (χ3n) is 5.09. The van der Waals surface area contributed by atoms with Gasteiger partial charge in [0.2, 0.25) is 0 Å². The highest BCUT2D eigenvalue weighted by Crippen LogP contribution is 2.27. The van der Waals surface area contributed by atoms with Gasteiger partial charge in [-0.2, -0.15) is 0 Å². The molecule has 1 saturated heterocycles. The van der Waals surface area contributed by atoms with E-state index in [1.54, 1.807) is 0 Å². The number of halogens is 1. The zero-order chi connectivity index (χ0) is 19.2. The Labute approximate surface area is 163 Å². The van der Waals surface area contributed by atoms with Gasteiger partial charge in [0, 0.05) is 36.3 Å². The Morgan fingerprint density at radius 1 is 1.12 bits per heavy atom. The second-order valence-electron chi connectivity index (χ2n) is 7.56. The topological polar surface area (TPSA) is 15.3 Å². The lowest BCUT2D eigenvalue weighted by Gasteiger charge is -2.33. The average molecular weight is 375 g/mol. The van der Waals surface area contributed by atoms with E-state index in [2.05, 4.69) is 74.8 Å². The van der Waals surface area contributed by atoms with Crippen LogP contribution in [0.3, 0.4) is 0 Å². The standard InChI is InChI=1S/C11H15FN2.C11H16S/c1-9-8-14(7-6-13-9)11-4-2-10(12)3-5-11;1-4-11(2,3)9-5-7-10(12)8-6-9/h2-5,9,13H,6-8H2,1H3;5-8,12H,4H2,1-3H3. The number of nitrogens with zero attached hydrogens (tertiary/aromatic N) is 1. The molecule has 0 amide bonds. The fraction of sp³-hybridized carbons (Fsp3) is 0.455. The van der Waals surface area contributed by atoms with E-state index < -0.39 is 0 Å². The van der Waals surface area contributed by atoms with Crippen molar-refractivity contribution in [1.82, 2.24) is 5.32 Å². The molecule has 1 aliphatic rings. The Hall–Kier alpha value is -1.52. The normalized spacial score (nSPS) is 17.5. The Morgan fingerprint density at radius 2 is 1.73 bits per heavy atom. The maximum Gasteiger partial charge on any atom is 0.123 e. The summed E-state index contributed by atoms with van der Waals surface area (Å²) in [5.41, 5.74) is 2.80. The molecular weight excluding hydrogens is 343 g/mol. The van der Waals surface area contributed by atoms with E-state index in [9.17, 15) is 4.39 Å². The molecule has 2 nitrogen and oxygen atoms in total. The molecule has 0 aromatic heterocycles. The third kappa shape index (κ3) is 6.03. The quantitative estimate of drug-likeness (QED) is 0.710. The molecule has 4 heteroatoms. The summed E-state index contributed by atoms with van der Waals surface area (Å²) >= 11 is 4.26. The lowest BCUT2D eigenvalue weighted by molar-refractivity contribution is 0.484. The van der Waals surface area contributed by atoms with Crippen LogP contribution in [0, 0.1) is 5.82 Å². The summed E-state index contributed by atoms with van der Waals surface area (Å²) in [7, 11) is 0. The van der Waals surface area contributed by atoms with Gasteiger partial charge in [0.25, 0.3) is 0 Å². The Morgan fingerprint density at radius 3 is 2.27 bits per heavy atom. The van der Waals surface area contributed by atoms with Gasteiger partial charge in [0.15, 0.2) is 0 Å². The molecule has 0 spiro atoms. The molecule has 0 radical (unpaired) electrons. The lowest BCUT2D eigenvalue weighted by Crippen LogP contribution is -2.49. The number of nitrogens with one attached hydrogen (secondary N) is 1. The van der Waals surface area contributed by atoms with Crippen LogP contribution in [-0.2, 0) is 5.41 Å². The minimum absolute atomic E-state index is 0.170. The predicted molar refractivity (Wildman–Crippen MR) is 113 cm³/mol. The molecule has 1 aliphatic heterocycles. The van der Waals surface area contributed by atoms with Crippen LogP contribution in [0.15, 0.2) is 53.4 Å². The number of hydrogen-bond donors (Lipinski definition) is 2. The van der Waals surface area contributed by atoms with E-state index in [4.69, 9.17) is 0 Å². The number of thiol groups is 1. The molecule has 0 aliphatic carbocycles. The van der Waals surface area contributed by atoms with Crippen LogP contribution in [0.5, 0.6) is 0 Å². The zero-order valence-electron chi connectivity index (χ0n) is 16.3. The smallest absolute Gasteiger partial charge is 0.123 e. The molecule has 0 bridgehead atoms. The van der Waals surface area contributed by atoms with Crippen LogP contribution >= 0.6 is 12.6 Å². The van der Waals surface area contributed by atoms with Crippen LogP contribution in [0.25, 0.3) is 0 Å². The Bertz CT molecular complexity index is 668. The van der Waals surface area contributed by atoms with Crippen molar-refractivity contribution in [2.75, 3.05) is 24.5 Å². The van der Waals surface area contributed by atoms with Crippen LogP contribution in [0.4, 0.5) is 10.1 Å². The minimum atomic E-state index is -0.170. The zero-order valence-corrected chi connectivity index (χ0v) is 17.2. The first kappa shape index (κ1) is 20.8. The second-order valence-corrected chi connectivity index (χ2v) is 8.08. The maximum absolute atomic E-state index is 12.7. The monoisotopic (exact) mass is 374 g/mol. The van der Waals surface area contributed by atoms with Gasteiger partial charge in [-0.1, -0.05) is 32.9 Å². The Balaban J connectivity index is 0.000000190. The maximum atomic E-state index is 12.7. The highest BCUT2D eigenvalue weighted by atomic mass is 32.1. The van der Waals surface area contributed by atoms with E-state index in [-0.39, 0.29) is 5.82 Å². The van der Waals surface area contributed by atoms with Crippen molar-refractivity contribution < 1.29 is 4.39 Å². The molecule has 1 fully saturated rings. The predicted octanol–water partition coefficient (Wildman–Crippen LogP) is 5.29. The number of hydrogen-bond acceptors (Lipinski definition) is 3. The largest absolute Gasteiger partial charge is 0.369 e. The van der Waals surface area contributed by atoms with Gasteiger partial charge in [0.05, 0.1) is 0 Å². The summed E-state index contributed by atoms with van der Waals surface area (Å²) in [4.78, 5) is 3.31. The van der Waals surface area contributed by atoms with E-state index in [1.165, 1.54) is 24.1 Å². The van der Waals surface area contributed by atoms with Crippen LogP contribution in [0.2, 0.25) is 0 Å². The van der Waals surface area contributed by atoms with Crippen LogP contribution in [0.1, 0.15) is 39.7 Å². The Kier molecular flexibility index (Phi) is 7.54. The molecule has 0 saturated carbocycles. The van der Waals surface area contributed by atoms with E-state index in [0.717, 1.165) is 30.2 Å². The van der Waals surface area contributed by atoms with Crippen LogP contribution in [-0.4, -0.2) is 25.7 Å². The minimum Gasteiger partial charge on any atom is -0.369 e. The van der Waals surface area contributed by atoms with Crippen molar-refractivity contribution in [2.45, 2.75) is 50.5 Å². The fourth-order valence-corrected chi connectivity index (χ4v) is 3.08. The third-order valence-corrected chi connectivity index (χ3v) is 5.39. The summed E-state index contributed by atoms with van der Waals surface area (Å²) < 4.78 is 12.7. The summed E-state index contributed by atoms with van der Waals surface area (Å²) in [6, 6.07) is 15.6. The molecule has 142 valence electrons. The SMILES string of the molecule is CC1CN(c2ccc(F)cc2)CCN1.CCC(C)(C)c1ccc(S)cc1. The van der Waals surface area contributed by atoms with E-state index in [0.29, 0.717) is 11.5 Å². The van der Waals surface area contributed by atoms with Gasteiger partial charge >= 0.3 is 0 Å². The van der Waals surface area contributed by atoms with Crippen molar-refractivity contribution in [3.05, 3.63) is 59.9 Å². The van der Waals surface area contributed by atoms with Crippen molar-refractivity contribution in [1.29, 1.82) is 0 Å². The van der Waals surface area contributed by atoms with Gasteiger partial charge < -0.3 is 10.2 Å². The molecule has 2 aromatic rings. The molecule has 26 heavy (non-hydrogen) atoms. The van der Waals surface area contributed by atoms with Gasteiger partial charge in [-0.3, -0.25) is 0 Å². The summed E-state index contributed by atoms with van der Waals surface area (Å²) in [6.45, 7) is 11.9. The number of rotatable bonds is 3. The fourth-order valence-electron chi connectivity index (χ4n) is 2.94. The van der Waals surface area contributed by atoms with Crippen molar-refractivity contribution in [3.63, 3.8) is 0 Å². The van der Waals surface area contributed by atoms with E-state index >= 15 is 0 Å². The molecule has 1 N–H and O–H groups in total. The molecule has 3 rings (SSSR count). The molecular formula is C22H31FN2S. The van der Waals surface area contributed by atoms with Gasteiger partial charge in [-0.05, 0) is 60.7 Å². The highest BCUT2D eigenvalue weighted by molar-refractivity contribution is 7.80. The number of anilines is 1. The van der Waals surface area contributed by atoms with Crippen molar-refractivity contribution in [3.8, 4) is 0 Å². The molecule has 1 heterocycles. The summed E-state index contributed by atoms with van der Waals surface area (Å²) in [5.74, 6) is -0.170. The first-order valence-corrected chi connectivity index (χ1v) is 9.80. The summed E-state index contributed by atoms with van der Waals surface area (Å²) in [5, 5.41) is 3.38. The number of benzene rings is 2.